The predicted octanol–water partition coefficient (Wildman–Crippen LogP) is 1.51. The Morgan fingerprint density at radius 3 is 2.57 bits per heavy atom. The minimum absolute atomic E-state index is 0.111. The van der Waals surface area contributed by atoms with Gasteiger partial charge >= 0.3 is 0 Å². The maximum atomic E-state index is 11.8. The SMILES string of the molecule is CCOC1CCN(c2ccc(S(=O)(=O)NC)cc2[N+](=O)[O-])CC1. The van der Waals surface area contributed by atoms with Gasteiger partial charge in [0.1, 0.15) is 5.69 Å². The number of nitro groups is 1. The molecule has 0 aliphatic carbocycles. The Kier molecular flexibility index (Phi) is 5.55. The summed E-state index contributed by atoms with van der Waals surface area (Å²) in [6.07, 6.45) is 1.77. The minimum atomic E-state index is -3.71. The van der Waals surface area contributed by atoms with Gasteiger partial charge in [-0.2, -0.15) is 0 Å². The molecule has 1 aliphatic heterocycles. The van der Waals surface area contributed by atoms with Crippen molar-refractivity contribution < 1.29 is 18.1 Å². The third kappa shape index (κ3) is 3.98. The quantitative estimate of drug-likeness (QED) is 0.620. The van der Waals surface area contributed by atoms with Gasteiger partial charge in [0.15, 0.2) is 0 Å². The number of ether oxygens (including phenoxy) is 1. The highest BCUT2D eigenvalue weighted by Crippen LogP contribution is 2.32. The normalized spacial score (nSPS) is 16.5. The summed E-state index contributed by atoms with van der Waals surface area (Å²) in [6.45, 7) is 3.88. The third-order valence-electron chi connectivity index (χ3n) is 3.91. The maximum Gasteiger partial charge on any atom is 0.293 e. The van der Waals surface area contributed by atoms with Gasteiger partial charge in [-0.05, 0) is 38.9 Å². The lowest BCUT2D eigenvalue weighted by Gasteiger charge is -2.33. The molecule has 0 atom stereocenters. The lowest BCUT2D eigenvalue weighted by atomic mass is 10.1. The number of benzene rings is 1. The first kappa shape index (κ1) is 17.6. The van der Waals surface area contributed by atoms with Crippen molar-refractivity contribution in [1.29, 1.82) is 0 Å². The molecule has 0 bridgehead atoms. The summed E-state index contributed by atoms with van der Waals surface area (Å²) in [5.41, 5.74) is 0.246. The van der Waals surface area contributed by atoms with E-state index in [1.807, 2.05) is 11.8 Å². The third-order valence-corrected chi connectivity index (χ3v) is 5.32. The Morgan fingerprint density at radius 2 is 2.04 bits per heavy atom. The number of rotatable bonds is 6. The average Bonchev–Trinajstić information content (AvgIpc) is 2.55. The molecule has 1 heterocycles. The van der Waals surface area contributed by atoms with Gasteiger partial charge < -0.3 is 9.64 Å². The van der Waals surface area contributed by atoms with E-state index in [9.17, 15) is 18.5 Å². The van der Waals surface area contributed by atoms with Gasteiger partial charge in [-0.25, -0.2) is 13.1 Å². The average molecular weight is 343 g/mol. The molecule has 2 rings (SSSR count). The number of hydrogen-bond donors (Lipinski definition) is 1. The van der Waals surface area contributed by atoms with Crippen molar-refractivity contribution in [2.45, 2.75) is 30.8 Å². The summed E-state index contributed by atoms with van der Waals surface area (Å²) >= 11 is 0. The molecule has 23 heavy (non-hydrogen) atoms. The minimum Gasteiger partial charge on any atom is -0.378 e. The summed E-state index contributed by atoms with van der Waals surface area (Å²) < 4.78 is 31.4. The van der Waals surface area contributed by atoms with E-state index >= 15 is 0 Å². The van der Waals surface area contributed by atoms with Crippen molar-refractivity contribution >= 4 is 21.4 Å². The van der Waals surface area contributed by atoms with E-state index in [4.69, 9.17) is 4.74 Å². The Labute approximate surface area is 135 Å². The molecule has 1 aromatic rings. The molecule has 0 spiro atoms. The second-order valence-corrected chi connectivity index (χ2v) is 7.14. The van der Waals surface area contributed by atoms with Crippen LogP contribution in [0, 0.1) is 10.1 Å². The summed E-state index contributed by atoms with van der Waals surface area (Å²) in [4.78, 5) is 12.6. The van der Waals surface area contributed by atoms with E-state index in [0.29, 0.717) is 25.4 Å². The lowest BCUT2D eigenvalue weighted by molar-refractivity contribution is -0.384. The fourth-order valence-corrected chi connectivity index (χ4v) is 3.45. The Hall–Kier alpha value is -1.71. The highest BCUT2D eigenvalue weighted by atomic mass is 32.2. The highest BCUT2D eigenvalue weighted by Gasteiger charge is 2.27. The van der Waals surface area contributed by atoms with E-state index < -0.39 is 14.9 Å². The van der Waals surface area contributed by atoms with Crippen molar-refractivity contribution in [3.63, 3.8) is 0 Å². The second-order valence-electron chi connectivity index (χ2n) is 5.26. The van der Waals surface area contributed by atoms with E-state index in [1.165, 1.54) is 19.2 Å². The fourth-order valence-electron chi connectivity index (χ4n) is 2.70. The standard InChI is InChI=1S/C14H21N3O5S/c1-3-22-11-6-8-16(9-7-11)13-5-4-12(23(20,21)15-2)10-14(13)17(18)19/h4-5,10-11,15H,3,6-9H2,1-2H3. The molecule has 1 N–H and O–H groups in total. The van der Waals surface area contributed by atoms with Gasteiger partial charge in [-0.15, -0.1) is 0 Å². The molecule has 1 saturated heterocycles. The lowest BCUT2D eigenvalue weighted by Crippen LogP contribution is -2.37. The van der Waals surface area contributed by atoms with Gasteiger partial charge in [0.2, 0.25) is 10.0 Å². The molecule has 9 heteroatoms. The van der Waals surface area contributed by atoms with Crippen LogP contribution in [0.2, 0.25) is 0 Å². The molecular weight excluding hydrogens is 322 g/mol. The van der Waals surface area contributed by atoms with Gasteiger partial charge in [0, 0.05) is 25.8 Å². The molecule has 8 nitrogen and oxygen atoms in total. The molecule has 1 aliphatic rings. The number of sulfonamides is 1. The summed E-state index contributed by atoms with van der Waals surface area (Å²) in [5.74, 6) is 0. The number of anilines is 1. The molecule has 1 fully saturated rings. The predicted molar refractivity (Wildman–Crippen MR) is 86.2 cm³/mol. The van der Waals surface area contributed by atoms with Crippen LogP contribution in [-0.2, 0) is 14.8 Å². The van der Waals surface area contributed by atoms with Crippen LogP contribution < -0.4 is 9.62 Å². The van der Waals surface area contributed by atoms with Crippen LogP contribution in [0.5, 0.6) is 0 Å². The molecule has 0 saturated carbocycles. The van der Waals surface area contributed by atoms with E-state index in [1.54, 1.807) is 0 Å². The zero-order valence-electron chi connectivity index (χ0n) is 13.2. The number of nitro benzene ring substituents is 1. The van der Waals surface area contributed by atoms with Crippen molar-refractivity contribution in [1.82, 2.24) is 4.72 Å². The van der Waals surface area contributed by atoms with Crippen molar-refractivity contribution in [3.8, 4) is 0 Å². The first-order chi connectivity index (χ1) is 10.9. The monoisotopic (exact) mass is 343 g/mol. The van der Waals surface area contributed by atoms with Gasteiger partial charge in [-0.1, -0.05) is 0 Å². The molecule has 0 radical (unpaired) electrons. The fraction of sp³-hybridized carbons (Fsp3) is 0.571. The molecule has 0 amide bonds. The number of hydrogen-bond acceptors (Lipinski definition) is 6. The number of nitrogens with one attached hydrogen (secondary N) is 1. The summed E-state index contributed by atoms with van der Waals surface area (Å²) in [7, 11) is -2.44. The van der Waals surface area contributed by atoms with Crippen molar-refractivity contribution in [2.75, 3.05) is 31.6 Å². The smallest absolute Gasteiger partial charge is 0.293 e. The molecule has 128 valence electrons. The number of nitrogens with zero attached hydrogens (tertiary/aromatic N) is 2. The first-order valence-corrected chi connectivity index (χ1v) is 8.96. The van der Waals surface area contributed by atoms with Crippen LogP contribution in [0.4, 0.5) is 11.4 Å². The van der Waals surface area contributed by atoms with Crippen molar-refractivity contribution in [3.05, 3.63) is 28.3 Å². The van der Waals surface area contributed by atoms with Crippen LogP contribution in [-0.4, -0.2) is 46.2 Å². The van der Waals surface area contributed by atoms with Crippen LogP contribution in [0.25, 0.3) is 0 Å². The summed E-state index contributed by atoms with van der Waals surface area (Å²) in [5, 5.41) is 11.3. The zero-order valence-corrected chi connectivity index (χ0v) is 14.0. The molecule has 1 aromatic carbocycles. The molecular formula is C14H21N3O5S. The van der Waals surface area contributed by atoms with Crippen LogP contribution in [0.1, 0.15) is 19.8 Å². The summed E-state index contributed by atoms with van der Waals surface area (Å²) in [6, 6.07) is 4.00. The van der Waals surface area contributed by atoms with Gasteiger partial charge in [-0.3, -0.25) is 10.1 Å². The highest BCUT2D eigenvalue weighted by molar-refractivity contribution is 7.89. The van der Waals surface area contributed by atoms with Gasteiger partial charge in [0.25, 0.3) is 5.69 Å². The molecule has 0 unspecified atom stereocenters. The first-order valence-electron chi connectivity index (χ1n) is 7.47. The van der Waals surface area contributed by atoms with Crippen molar-refractivity contribution in [2.24, 2.45) is 0 Å². The second kappa shape index (κ2) is 7.24. The topological polar surface area (TPSA) is 102 Å². The maximum absolute atomic E-state index is 11.8. The number of piperidine rings is 1. The molecule has 0 aromatic heterocycles. The zero-order chi connectivity index (χ0) is 17.0. The van der Waals surface area contributed by atoms with E-state index in [0.717, 1.165) is 18.9 Å². The Bertz CT molecular complexity index is 669. The largest absolute Gasteiger partial charge is 0.378 e. The van der Waals surface area contributed by atoms with E-state index in [-0.39, 0.29) is 16.7 Å². The van der Waals surface area contributed by atoms with Gasteiger partial charge in [0.05, 0.1) is 15.9 Å². The Morgan fingerprint density at radius 1 is 1.39 bits per heavy atom. The van der Waals surface area contributed by atoms with Crippen LogP contribution in [0.15, 0.2) is 23.1 Å². The van der Waals surface area contributed by atoms with Crippen LogP contribution in [0.3, 0.4) is 0 Å². The van der Waals surface area contributed by atoms with Crippen LogP contribution >= 0.6 is 0 Å². The van der Waals surface area contributed by atoms with E-state index in [2.05, 4.69) is 4.72 Å². The Balaban J connectivity index is 2.28.